The fraction of sp³-hybridized carbons (Fsp3) is 0.0625. The van der Waals surface area contributed by atoms with Crippen molar-refractivity contribution >= 4 is 39.2 Å². The summed E-state index contributed by atoms with van der Waals surface area (Å²) in [7, 11) is 0. The number of nitrogens with zero attached hydrogens (tertiary/aromatic N) is 4. The van der Waals surface area contributed by atoms with E-state index in [-0.39, 0.29) is 0 Å². The molecule has 0 unspecified atom stereocenters. The molecule has 0 fully saturated rings. The van der Waals surface area contributed by atoms with Gasteiger partial charge in [0.25, 0.3) is 0 Å². The van der Waals surface area contributed by atoms with Crippen LogP contribution in [0.3, 0.4) is 0 Å². The fourth-order valence-corrected chi connectivity index (χ4v) is 3.19. The molecule has 1 N–H and O–H groups in total. The van der Waals surface area contributed by atoms with E-state index in [9.17, 15) is 4.39 Å². The first-order chi connectivity index (χ1) is 11.6. The van der Waals surface area contributed by atoms with Crippen LogP contribution in [-0.2, 0) is 0 Å². The normalized spacial score (nSPS) is 16.3. The smallest absolute Gasteiger partial charge is 0.248 e. The van der Waals surface area contributed by atoms with Crippen molar-refractivity contribution in [1.82, 2.24) is 20.2 Å². The maximum atomic E-state index is 14.4. The van der Waals surface area contributed by atoms with Gasteiger partial charge in [0.05, 0.1) is 0 Å². The average molecular weight is 407 g/mol. The Morgan fingerprint density at radius 3 is 2.71 bits per heavy atom. The first-order valence-electron chi connectivity index (χ1n) is 7.10. The molecule has 8 heteroatoms. The molecule has 0 radical (unpaired) electrons. The van der Waals surface area contributed by atoms with E-state index >= 15 is 0 Å². The summed E-state index contributed by atoms with van der Waals surface area (Å²) in [5.41, 5.74) is 2.06. The lowest BCUT2D eigenvalue weighted by Crippen LogP contribution is -2.21. The minimum atomic E-state index is -0.538. The summed E-state index contributed by atoms with van der Waals surface area (Å²) in [6.45, 7) is 0. The van der Waals surface area contributed by atoms with Crippen LogP contribution in [-0.4, -0.2) is 20.2 Å². The van der Waals surface area contributed by atoms with Gasteiger partial charge in [-0.2, -0.15) is 4.68 Å². The van der Waals surface area contributed by atoms with Gasteiger partial charge in [-0.15, -0.1) is 0 Å². The zero-order chi connectivity index (χ0) is 16.7. The van der Waals surface area contributed by atoms with Crippen LogP contribution in [0.4, 0.5) is 10.3 Å². The van der Waals surface area contributed by atoms with E-state index < -0.39 is 11.9 Å². The molecule has 0 amide bonds. The number of tetrazole rings is 1. The van der Waals surface area contributed by atoms with E-state index in [1.54, 1.807) is 12.1 Å². The van der Waals surface area contributed by atoms with Crippen molar-refractivity contribution in [2.24, 2.45) is 0 Å². The number of allylic oxidation sites excluding steroid dienone is 1. The lowest BCUT2D eigenvalue weighted by atomic mass is 10.0. The highest BCUT2D eigenvalue weighted by Gasteiger charge is 2.28. The lowest BCUT2D eigenvalue weighted by Gasteiger charge is -2.24. The Morgan fingerprint density at radius 2 is 1.96 bits per heavy atom. The van der Waals surface area contributed by atoms with E-state index in [2.05, 4.69) is 36.8 Å². The van der Waals surface area contributed by atoms with Gasteiger partial charge in [-0.05, 0) is 46.3 Å². The van der Waals surface area contributed by atoms with Crippen molar-refractivity contribution in [3.63, 3.8) is 0 Å². The van der Waals surface area contributed by atoms with Gasteiger partial charge in [-0.3, -0.25) is 0 Å². The van der Waals surface area contributed by atoms with Gasteiger partial charge < -0.3 is 5.32 Å². The number of anilines is 1. The molecule has 1 aromatic heterocycles. The molecule has 3 aromatic rings. The maximum Gasteiger partial charge on any atom is 0.248 e. The molecule has 0 aliphatic carbocycles. The standard InChI is InChI=1S/C16H10BrClFN5/c17-10-6-4-9(5-7-10)13-8-14(24-16(20-13)21-22-23-24)15-11(18)2-1-3-12(15)19/h1-8,14H,(H,20,21,23)/t14-/m0/s1. The first kappa shape index (κ1) is 15.3. The number of halogens is 3. The van der Waals surface area contributed by atoms with Crippen molar-refractivity contribution in [2.45, 2.75) is 6.04 Å². The quantitative estimate of drug-likeness (QED) is 0.690. The van der Waals surface area contributed by atoms with Crippen molar-refractivity contribution in [3.05, 3.63) is 75.0 Å². The van der Waals surface area contributed by atoms with Crippen LogP contribution in [0.2, 0.25) is 5.02 Å². The molecule has 24 heavy (non-hydrogen) atoms. The molecule has 2 aromatic carbocycles. The van der Waals surface area contributed by atoms with E-state index in [0.29, 0.717) is 16.5 Å². The molecule has 1 aliphatic rings. The summed E-state index contributed by atoms with van der Waals surface area (Å²) < 4.78 is 16.9. The Hall–Kier alpha value is -2.25. The zero-order valence-electron chi connectivity index (χ0n) is 12.1. The Labute approximate surface area is 150 Å². The van der Waals surface area contributed by atoms with Gasteiger partial charge >= 0.3 is 0 Å². The summed E-state index contributed by atoms with van der Waals surface area (Å²) in [5.74, 6) is 0.0296. The van der Waals surface area contributed by atoms with Gasteiger partial charge in [0.2, 0.25) is 5.95 Å². The molecule has 0 saturated carbocycles. The Balaban J connectivity index is 1.87. The minimum Gasteiger partial charge on any atom is -0.323 e. The molecule has 0 saturated heterocycles. The highest BCUT2D eigenvalue weighted by Crippen LogP contribution is 2.36. The third kappa shape index (κ3) is 2.59. The molecule has 1 atom stereocenters. The first-order valence-corrected chi connectivity index (χ1v) is 8.27. The number of benzene rings is 2. The van der Waals surface area contributed by atoms with Crippen LogP contribution in [0.1, 0.15) is 17.2 Å². The van der Waals surface area contributed by atoms with Gasteiger partial charge in [0.15, 0.2) is 0 Å². The van der Waals surface area contributed by atoms with E-state index in [0.717, 1.165) is 15.7 Å². The van der Waals surface area contributed by atoms with Gasteiger partial charge in [0, 0.05) is 20.8 Å². The topological polar surface area (TPSA) is 55.6 Å². The van der Waals surface area contributed by atoms with Crippen molar-refractivity contribution < 1.29 is 4.39 Å². The summed E-state index contributed by atoms with van der Waals surface area (Å²) in [5, 5.41) is 15.1. The number of nitrogens with one attached hydrogen (secondary N) is 1. The number of aromatic nitrogens is 4. The maximum absolute atomic E-state index is 14.4. The van der Waals surface area contributed by atoms with Crippen LogP contribution < -0.4 is 5.32 Å². The van der Waals surface area contributed by atoms with Crippen LogP contribution in [0.25, 0.3) is 5.70 Å². The van der Waals surface area contributed by atoms with Gasteiger partial charge in [0.1, 0.15) is 11.9 Å². The summed E-state index contributed by atoms with van der Waals surface area (Å²) in [4.78, 5) is 0. The van der Waals surface area contributed by atoms with E-state index in [1.807, 2.05) is 30.3 Å². The molecule has 0 bridgehead atoms. The zero-order valence-corrected chi connectivity index (χ0v) is 14.5. The molecule has 4 rings (SSSR count). The second kappa shape index (κ2) is 5.99. The Morgan fingerprint density at radius 1 is 1.17 bits per heavy atom. The summed E-state index contributed by atoms with van der Waals surface area (Å²) in [6, 6.07) is 11.8. The number of hydrogen-bond acceptors (Lipinski definition) is 4. The minimum absolute atomic E-state index is 0.328. The largest absolute Gasteiger partial charge is 0.323 e. The molecule has 2 heterocycles. The second-order valence-corrected chi connectivity index (χ2v) is 6.56. The molecular weight excluding hydrogens is 397 g/mol. The lowest BCUT2D eigenvalue weighted by molar-refractivity contribution is 0.540. The highest BCUT2D eigenvalue weighted by atomic mass is 79.9. The van der Waals surface area contributed by atoms with Crippen LogP contribution in [0.15, 0.2) is 53.0 Å². The van der Waals surface area contributed by atoms with Crippen molar-refractivity contribution in [2.75, 3.05) is 5.32 Å². The Kier molecular flexibility index (Phi) is 3.82. The summed E-state index contributed by atoms with van der Waals surface area (Å²) >= 11 is 9.65. The Bertz CT molecular complexity index is 918. The number of fused-ring (bicyclic) bond motifs is 1. The van der Waals surface area contributed by atoms with E-state index in [1.165, 1.54) is 10.7 Å². The molecule has 1 aliphatic heterocycles. The molecule has 120 valence electrons. The van der Waals surface area contributed by atoms with E-state index in [4.69, 9.17) is 11.6 Å². The third-order valence-electron chi connectivity index (χ3n) is 3.78. The van der Waals surface area contributed by atoms with Crippen molar-refractivity contribution in [1.29, 1.82) is 0 Å². The molecule has 5 nitrogen and oxygen atoms in total. The van der Waals surface area contributed by atoms with Crippen LogP contribution >= 0.6 is 27.5 Å². The van der Waals surface area contributed by atoms with Crippen molar-refractivity contribution in [3.8, 4) is 0 Å². The van der Waals surface area contributed by atoms with Crippen LogP contribution in [0.5, 0.6) is 0 Å². The SMILES string of the molecule is Fc1cccc(Cl)c1[C@@H]1C=C(c2ccc(Br)cc2)Nc2nnnn21. The predicted octanol–water partition coefficient (Wildman–Crippen LogP) is 4.28. The third-order valence-corrected chi connectivity index (χ3v) is 4.64. The molecule has 0 spiro atoms. The number of rotatable bonds is 2. The number of hydrogen-bond donors (Lipinski definition) is 1. The highest BCUT2D eigenvalue weighted by molar-refractivity contribution is 9.10. The molecular formula is C16H10BrClFN5. The summed E-state index contributed by atoms with van der Waals surface area (Å²) in [6.07, 6.45) is 1.86. The fourth-order valence-electron chi connectivity index (χ4n) is 2.65. The average Bonchev–Trinajstić information content (AvgIpc) is 3.04. The monoisotopic (exact) mass is 405 g/mol. The van der Waals surface area contributed by atoms with Gasteiger partial charge in [-0.1, -0.05) is 50.8 Å². The van der Waals surface area contributed by atoms with Gasteiger partial charge in [-0.25, -0.2) is 4.39 Å². The predicted molar refractivity (Wildman–Crippen MR) is 93.1 cm³/mol. The second-order valence-electron chi connectivity index (χ2n) is 5.24. The van der Waals surface area contributed by atoms with Crippen LogP contribution in [0, 0.1) is 5.82 Å².